The monoisotopic (exact) mass is 287 g/mol. The van der Waals surface area contributed by atoms with Gasteiger partial charge in [-0.2, -0.15) is 0 Å². The van der Waals surface area contributed by atoms with Gasteiger partial charge in [0.05, 0.1) is 11.8 Å². The van der Waals surface area contributed by atoms with Crippen LogP contribution in [-0.2, 0) is 6.61 Å². The van der Waals surface area contributed by atoms with E-state index in [0.717, 1.165) is 16.8 Å². The van der Waals surface area contributed by atoms with Crippen molar-refractivity contribution in [3.63, 3.8) is 0 Å². The average molecular weight is 288 g/mol. The summed E-state index contributed by atoms with van der Waals surface area (Å²) in [6, 6.07) is 7.37. The largest absolute Gasteiger partial charge is 0.471 e. The molecule has 20 heavy (non-hydrogen) atoms. The standard InChI is InChI=1S/C14H10ClN3O2/c15-12-3-1-10(2-4-12)14-11(9-20-18-14)8-19-13-7-16-5-6-17-13/h1-7,9H,8H2. The number of benzene rings is 1. The van der Waals surface area contributed by atoms with Gasteiger partial charge in [-0.15, -0.1) is 0 Å². The Kier molecular flexibility index (Phi) is 3.60. The smallest absolute Gasteiger partial charge is 0.232 e. The summed E-state index contributed by atoms with van der Waals surface area (Å²) in [5.41, 5.74) is 2.48. The minimum atomic E-state index is 0.306. The lowest BCUT2D eigenvalue weighted by Gasteiger charge is -2.04. The number of nitrogens with zero attached hydrogens (tertiary/aromatic N) is 3. The summed E-state index contributed by atoms with van der Waals surface area (Å²) in [7, 11) is 0. The van der Waals surface area contributed by atoms with Crippen LogP contribution in [0.5, 0.6) is 5.88 Å². The van der Waals surface area contributed by atoms with E-state index in [1.807, 2.05) is 12.1 Å². The first-order chi connectivity index (χ1) is 9.83. The molecule has 0 fully saturated rings. The van der Waals surface area contributed by atoms with Gasteiger partial charge in [0, 0.05) is 23.0 Å². The first-order valence-electron chi connectivity index (χ1n) is 5.91. The van der Waals surface area contributed by atoms with Crippen molar-refractivity contribution >= 4 is 11.6 Å². The normalized spacial score (nSPS) is 10.4. The van der Waals surface area contributed by atoms with Gasteiger partial charge < -0.3 is 9.26 Å². The van der Waals surface area contributed by atoms with Crippen molar-refractivity contribution in [3.8, 4) is 17.1 Å². The minimum absolute atomic E-state index is 0.306. The summed E-state index contributed by atoms with van der Waals surface area (Å²) in [4.78, 5) is 7.97. The van der Waals surface area contributed by atoms with Gasteiger partial charge in [0.25, 0.3) is 0 Å². The molecule has 0 bridgehead atoms. The van der Waals surface area contributed by atoms with Gasteiger partial charge in [0.1, 0.15) is 18.6 Å². The molecule has 0 N–H and O–H groups in total. The van der Waals surface area contributed by atoms with Gasteiger partial charge in [-0.25, -0.2) is 4.98 Å². The Morgan fingerprint density at radius 2 is 2.00 bits per heavy atom. The molecule has 6 heteroatoms. The van der Waals surface area contributed by atoms with Crippen LogP contribution in [0.25, 0.3) is 11.3 Å². The van der Waals surface area contributed by atoms with E-state index < -0.39 is 0 Å². The molecule has 2 aromatic heterocycles. The lowest BCUT2D eigenvalue weighted by atomic mass is 10.1. The summed E-state index contributed by atoms with van der Waals surface area (Å²) < 4.78 is 10.6. The molecular weight excluding hydrogens is 278 g/mol. The van der Waals surface area contributed by atoms with E-state index in [1.54, 1.807) is 37.0 Å². The van der Waals surface area contributed by atoms with Crippen LogP contribution >= 0.6 is 11.6 Å². The Bertz CT molecular complexity index is 683. The maximum Gasteiger partial charge on any atom is 0.232 e. The molecule has 1 aromatic carbocycles. The lowest BCUT2D eigenvalue weighted by molar-refractivity contribution is 0.291. The highest BCUT2D eigenvalue weighted by atomic mass is 35.5. The third-order valence-electron chi connectivity index (χ3n) is 2.68. The summed E-state index contributed by atoms with van der Waals surface area (Å²) in [5.74, 6) is 0.454. The predicted octanol–water partition coefficient (Wildman–Crippen LogP) is 3.36. The molecule has 3 rings (SSSR count). The molecular formula is C14H10ClN3O2. The van der Waals surface area contributed by atoms with Gasteiger partial charge in [-0.05, 0) is 12.1 Å². The van der Waals surface area contributed by atoms with Crippen molar-refractivity contribution in [1.82, 2.24) is 15.1 Å². The first-order valence-corrected chi connectivity index (χ1v) is 6.29. The van der Waals surface area contributed by atoms with Crippen LogP contribution in [0.2, 0.25) is 5.02 Å². The molecule has 2 heterocycles. The van der Waals surface area contributed by atoms with Crippen molar-refractivity contribution < 1.29 is 9.26 Å². The molecule has 0 unspecified atom stereocenters. The van der Waals surface area contributed by atoms with E-state index >= 15 is 0 Å². The van der Waals surface area contributed by atoms with Crippen LogP contribution in [0.1, 0.15) is 5.56 Å². The van der Waals surface area contributed by atoms with Crippen molar-refractivity contribution in [1.29, 1.82) is 0 Å². The van der Waals surface area contributed by atoms with E-state index in [-0.39, 0.29) is 0 Å². The molecule has 0 atom stereocenters. The van der Waals surface area contributed by atoms with Crippen LogP contribution in [0, 0.1) is 0 Å². The molecule has 3 aromatic rings. The second-order valence-electron chi connectivity index (χ2n) is 4.03. The molecule has 0 spiro atoms. The minimum Gasteiger partial charge on any atom is -0.471 e. The fourth-order valence-electron chi connectivity index (χ4n) is 1.72. The van der Waals surface area contributed by atoms with Crippen LogP contribution in [-0.4, -0.2) is 15.1 Å². The molecule has 0 radical (unpaired) electrons. The molecule has 0 amide bonds. The fraction of sp³-hybridized carbons (Fsp3) is 0.0714. The van der Waals surface area contributed by atoms with Gasteiger partial charge in [0.15, 0.2) is 0 Å². The second kappa shape index (κ2) is 5.71. The predicted molar refractivity (Wildman–Crippen MR) is 73.3 cm³/mol. The van der Waals surface area contributed by atoms with Crippen molar-refractivity contribution in [2.75, 3.05) is 0 Å². The molecule has 0 saturated heterocycles. The third-order valence-corrected chi connectivity index (χ3v) is 2.93. The van der Waals surface area contributed by atoms with Gasteiger partial charge in [0.2, 0.25) is 5.88 Å². The van der Waals surface area contributed by atoms with Gasteiger partial charge in [-0.3, -0.25) is 4.98 Å². The Labute approximate surface area is 120 Å². The van der Waals surface area contributed by atoms with E-state index in [1.165, 1.54) is 0 Å². The van der Waals surface area contributed by atoms with Crippen LogP contribution in [0.15, 0.2) is 53.6 Å². The zero-order valence-corrected chi connectivity index (χ0v) is 11.1. The van der Waals surface area contributed by atoms with Crippen molar-refractivity contribution in [2.45, 2.75) is 6.61 Å². The maximum atomic E-state index is 5.87. The Morgan fingerprint density at radius 3 is 2.75 bits per heavy atom. The van der Waals surface area contributed by atoms with Crippen LogP contribution in [0.3, 0.4) is 0 Å². The number of hydrogen-bond donors (Lipinski definition) is 0. The highest BCUT2D eigenvalue weighted by Gasteiger charge is 2.11. The highest BCUT2D eigenvalue weighted by Crippen LogP contribution is 2.24. The Hall–Kier alpha value is -2.40. The summed E-state index contributed by atoms with van der Waals surface area (Å²) >= 11 is 5.87. The third kappa shape index (κ3) is 2.78. The molecule has 5 nitrogen and oxygen atoms in total. The maximum absolute atomic E-state index is 5.87. The first kappa shape index (κ1) is 12.6. The lowest BCUT2D eigenvalue weighted by Crippen LogP contribution is -1.98. The van der Waals surface area contributed by atoms with E-state index in [9.17, 15) is 0 Å². The number of ether oxygens (including phenoxy) is 1. The summed E-state index contributed by atoms with van der Waals surface area (Å²) in [6.07, 6.45) is 6.27. The highest BCUT2D eigenvalue weighted by molar-refractivity contribution is 6.30. The number of halogens is 1. The second-order valence-corrected chi connectivity index (χ2v) is 4.46. The van der Waals surface area contributed by atoms with Crippen LogP contribution < -0.4 is 4.74 Å². The SMILES string of the molecule is Clc1ccc(-c2nocc2COc2cnccn2)cc1. The summed E-state index contributed by atoms with van der Waals surface area (Å²) in [6.45, 7) is 0.306. The quantitative estimate of drug-likeness (QED) is 0.736. The fourth-order valence-corrected chi connectivity index (χ4v) is 1.84. The van der Waals surface area contributed by atoms with Gasteiger partial charge in [-0.1, -0.05) is 28.9 Å². The van der Waals surface area contributed by atoms with Gasteiger partial charge >= 0.3 is 0 Å². The number of rotatable bonds is 4. The number of hydrogen-bond acceptors (Lipinski definition) is 5. The average Bonchev–Trinajstić information content (AvgIpc) is 2.95. The van der Waals surface area contributed by atoms with Crippen molar-refractivity contribution in [2.24, 2.45) is 0 Å². The number of aromatic nitrogens is 3. The van der Waals surface area contributed by atoms with E-state index in [2.05, 4.69) is 15.1 Å². The molecule has 0 aliphatic carbocycles. The zero-order chi connectivity index (χ0) is 13.8. The summed E-state index contributed by atoms with van der Waals surface area (Å²) in [5, 5.41) is 4.67. The van der Waals surface area contributed by atoms with E-state index in [0.29, 0.717) is 17.5 Å². The molecule has 0 aliphatic heterocycles. The Morgan fingerprint density at radius 1 is 1.15 bits per heavy atom. The zero-order valence-electron chi connectivity index (χ0n) is 10.4. The molecule has 0 saturated carbocycles. The van der Waals surface area contributed by atoms with Crippen LogP contribution in [0.4, 0.5) is 0 Å². The topological polar surface area (TPSA) is 61.0 Å². The molecule has 100 valence electrons. The Balaban J connectivity index is 1.78. The van der Waals surface area contributed by atoms with E-state index in [4.69, 9.17) is 20.9 Å². The molecule has 0 aliphatic rings. The van der Waals surface area contributed by atoms with Crippen molar-refractivity contribution in [3.05, 3.63) is 59.7 Å².